The lowest BCUT2D eigenvalue weighted by Gasteiger charge is -2.01. The summed E-state index contributed by atoms with van der Waals surface area (Å²) in [5, 5.41) is 11.2. The number of ether oxygens (including phenoxy) is 1. The number of nitriles is 1. The van der Waals surface area contributed by atoms with Crippen LogP contribution >= 0.6 is 0 Å². The summed E-state index contributed by atoms with van der Waals surface area (Å²) in [6, 6.07) is 2.10. The van der Waals surface area contributed by atoms with Crippen molar-refractivity contribution >= 4 is 0 Å². The van der Waals surface area contributed by atoms with E-state index in [2.05, 4.69) is 11.4 Å². The number of unbranched alkanes of at least 4 members (excludes halogenated alkanes) is 2. The van der Waals surface area contributed by atoms with E-state index in [0.717, 1.165) is 32.6 Å². The molecule has 0 rings (SSSR count). The zero-order valence-electron chi connectivity index (χ0n) is 7.10. The van der Waals surface area contributed by atoms with E-state index in [1.165, 1.54) is 0 Å². The van der Waals surface area contributed by atoms with E-state index in [1.807, 2.05) is 7.05 Å². The summed E-state index contributed by atoms with van der Waals surface area (Å²) in [7, 11) is 1.90. The molecule has 0 aromatic heterocycles. The van der Waals surface area contributed by atoms with Crippen LogP contribution in [0.5, 0.6) is 0 Å². The van der Waals surface area contributed by atoms with Crippen molar-refractivity contribution in [2.75, 3.05) is 26.8 Å². The van der Waals surface area contributed by atoms with Crippen LogP contribution in [0.2, 0.25) is 0 Å². The first-order valence-corrected chi connectivity index (χ1v) is 4.01. The molecular weight excluding hydrogens is 140 g/mol. The van der Waals surface area contributed by atoms with Crippen molar-refractivity contribution in [2.24, 2.45) is 0 Å². The van der Waals surface area contributed by atoms with Gasteiger partial charge in [-0.2, -0.15) is 5.26 Å². The zero-order valence-corrected chi connectivity index (χ0v) is 7.10. The van der Waals surface area contributed by atoms with Crippen molar-refractivity contribution < 1.29 is 4.74 Å². The van der Waals surface area contributed by atoms with Gasteiger partial charge in [0.2, 0.25) is 0 Å². The highest BCUT2D eigenvalue weighted by atomic mass is 16.5. The van der Waals surface area contributed by atoms with Gasteiger partial charge >= 0.3 is 0 Å². The molecule has 0 fully saturated rings. The normalized spacial score (nSPS) is 9.45. The summed E-state index contributed by atoms with van der Waals surface area (Å²) in [5.41, 5.74) is 0. The molecule has 0 aliphatic rings. The standard InChI is InChI=1S/C8H16N2O/c1-10-6-8-11-7-4-2-3-5-9/h10H,2-4,6-8H2,1H3. The maximum Gasteiger partial charge on any atom is 0.0621 e. The Balaban J connectivity index is 2.75. The van der Waals surface area contributed by atoms with Crippen molar-refractivity contribution in [1.29, 1.82) is 5.26 Å². The number of hydrogen-bond acceptors (Lipinski definition) is 3. The third-order valence-electron chi connectivity index (χ3n) is 1.32. The summed E-state index contributed by atoms with van der Waals surface area (Å²) in [6.07, 6.45) is 2.60. The number of hydrogen-bond donors (Lipinski definition) is 1. The molecule has 0 saturated heterocycles. The Kier molecular flexibility index (Phi) is 8.91. The predicted molar refractivity (Wildman–Crippen MR) is 44.2 cm³/mol. The van der Waals surface area contributed by atoms with Gasteiger partial charge in [0.25, 0.3) is 0 Å². The van der Waals surface area contributed by atoms with Crippen LogP contribution in [0.25, 0.3) is 0 Å². The molecule has 0 saturated carbocycles. The van der Waals surface area contributed by atoms with Crippen LogP contribution < -0.4 is 5.32 Å². The van der Waals surface area contributed by atoms with Gasteiger partial charge in [-0.1, -0.05) is 0 Å². The van der Waals surface area contributed by atoms with E-state index in [-0.39, 0.29) is 0 Å². The van der Waals surface area contributed by atoms with Crippen molar-refractivity contribution in [1.82, 2.24) is 5.32 Å². The number of likely N-dealkylation sites (N-methyl/N-ethyl adjacent to an activating group) is 1. The average Bonchev–Trinajstić information content (AvgIpc) is 2.03. The molecule has 64 valence electrons. The fourth-order valence-corrected chi connectivity index (χ4v) is 0.684. The Morgan fingerprint density at radius 2 is 2.18 bits per heavy atom. The molecular formula is C8H16N2O. The van der Waals surface area contributed by atoms with E-state index < -0.39 is 0 Å². The Hall–Kier alpha value is -0.590. The zero-order chi connectivity index (χ0) is 8.36. The number of nitrogens with one attached hydrogen (secondary N) is 1. The third-order valence-corrected chi connectivity index (χ3v) is 1.32. The highest BCUT2D eigenvalue weighted by Crippen LogP contribution is 1.93. The van der Waals surface area contributed by atoms with Crippen LogP contribution in [0.3, 0.4) is 0 Å². The first-order valence-electron chi connectivity index (χ1n) is 4.01. The van der Waals surface area contributed by atoms with Gasteiger partial charge in [-0.15, -0.1) is 0 Å². The lowest BCUT2D eigenvalue weighted by atomic mass is 10.3. The quantitative estimate of drug-likeness (QED) is 0.557. The Labute approximate surface area is 68.3 Å². The van der Waals surface area contributed by atoms with Gasteiger partial charge in [0, 0.05) is 19.6 Å². The van der Waals surface area contributed by atoms with E-state index >= 15 is 0 Å². The molecule has 3 heteroatoms. The van der Waals surface area contributed by atoms with Gasteiger partial charge in [-0.05, 0) is 19.9 Å². The molecule has 0 unspecified atom stereocenters. The summed E-state index contributed by atoms with van der Waals surface area (Å²) < 4.78 is 5.25. The second kappa shape index (κ2) is 9.41. The number of nitrogens with zero attached hydrogens (tertiary/aromatic N) is 1. The second-order valence-corrected chi connectivity index (χ2v) is 2.33. The molecule has 0 atom stereocenters. The Morgan fingerprint density at radius 3 is 2.82 bits per heavy atom. The Bertz CT molecular complexity index is 109. The fourth-order valence-electron chi connectivity index (χ4n) is 0.684. The molecule has 1 N–H and O–H groups in total. The van der Waals surface area contributed by atoms with Gasteiger partial charge in [-0.3, -0.25) is 0 Å². The molecule has 0 heterocycles. The summed E-state index contributed by atoms with van der Waals surface area (Å²) in [5.74, 6) is 0. The van der Waals surface area contributed by atoms with Crippen LogP contribution in [-0.2, 0) is 4.74 Å². The molecule has 0 aromatic rings. The molecule has 3 nitrogen and oxygen atoms in total. The maximum absolute atomic E-state index is 8.21. The monoisotopic (exact) mass is 156 g/mol. The SMILES string of the molecule is CNCCOCCCCC#N. The first-order chi connectivity index (χ1) is 5.41. The number of rotatable bonds is 7. The molecule has 0 aliphatic heterocycles. The maximum atomic E-state index is 8.21. The van der Waals surface area contributed by atoms with Gasteiger partial charge in [0.1, 0.15) is 0 Å². The lowest BCUT2D eigenvalue weighted by Crippen LogP contribution is -2.14. The van der Waals surface area contributed by atoms with Crippen LogP contribution in [-0.4, -0.2) is 26.8 Å². The first kappa shape index (κ1) is 10.4. The molecule has 0 amide bonds. The average molecular weight is 156 g/mol. The van der Waals surface area contributed by atoms with Crippen LogP contribution in [0.4, 0.5) is 0 Å². The molecule has 0 spiro atoms. The summed E-state index contributed by atoms with van der Waals surface area (Å²) >= 11 is 0. The summed E-state index contributed by atoms with van der Waals surface area (Å²) in [6.45, 7) is 2.45. The van der Waals surface area contributed by atoms with E-state index in [9.17, 15) is 0 Å². The molecule has 0 radical (unpaired) electrons. The minimum absolute atomic E-state index is 0.648. The van der Waals surface area contributed by atoms with Crippen molar-refractivity contribution in [3.63, 3.8) is 0 Å². The van der Waals surface area contributed by atoms with E-state index in [1.54, 1.807) is 0 Å². The fraction of sp³-hybridized carbons (Fsp3) is 0.875. The van der Waals surface area contributed by atoms with Crippen molar-refractivity contribution in [2.45, 2.75) is 19.3 Å². The van der Waals surface area contributed by atoms with Gasteiger partial charge in [0.15, 0.2) is 0 Å². The van der Waals surface area contributed by atoms with Gasteiger partial charge in [-0.25, -0.2) is 0 Å². The van der Waals surface area contributed by atoms with Gasteiger partial charge < -0.3 is 10.1 Å². The molecule has 0 aliphatic carbocycles. The molecule has 0 aromatic carbocycles. The highest BCUT2D eigenvalue weighted by molar-refractivity contribution is 4.67. The van der Waals surface area contributed by atoms with Crippen LogP contribution in [0.1, 0.15) is 19.3 Å². The predicted octanol–water partition coefficient (Wildman–Crippen LogP) is 0.916. The minimum atomic E-state index is 0.648. The van der Waals surface area contributed by atoms with E-state index in [0.29, 0.717) is 6.42 Å². The van der Waals surface area contributed by atoms with Crippen LogP contribution in [0, 0.1) is 11.3 Å². The van der Waals surface area contributed by atoms with Gasteiger partial charge in [0.05, 0.1) is 12.7 Å². The smallest absolute Gasteiger partial charge is 0.0621 e. The van der Waals surface area contributed by atoms with Crippen molar-refractivity contribution in [3.8, 4) is 6.07 Å². The minimum Gasteiger partial charge on any atom is -0.380 e. The van der Waals surface area contributed by atoms with Crippen LogP contribution in [0.15, 0.2) is 0 Å². The van der Waals surface area contributed by atoms with E-state index in [4.69, 9.17) is 10.00 Å². The highest BCUT2D eigenvalue weighted by Gasteiger charge is 1.87. The topological polar surface area (TPSA) is 45.0 Å². The molecule has 0 bridgehead atoms. The Morgan fingerprint density at radius 1 is 1.36 bits per heavy atom. The second-order valence-electron chi connectivity index (χ2n) is 2.33. The molecule has 11 heavy (non-hydrogen) atoms. The third kappa shape index (κ3) is 9.41. The van der Waals surface area contributed by atoms with Crippen molar-refractivity contribution in [3.05, 3.63) is 0 Å². The lowest BCUT2D eigenvalue weighted by molar-refractivity contribution is 0.133. The summed E-state index contributed by atoms with van der Waals surface area (Å²) in [4.78, 5) is 0. The largest absolute Gasteiger partial charge is 0.380 e.